The van der Waals surface area contributed by atoms with Gasteiger partial charge in [-0.05, 0) is 61.4 Å². The van der Waals surface area contributed by atoms with Crippen molar-refractivity contribution in [1.29, 1.82) is 0 Å². The summed E-state index contributed by atoms with van der Waals surface area (Å²) in [5, 5.41) is 3.36. The molecule has 0 bridgehead atoms. The number of carbonyl (C=O) groups excluding carboxylic acids is 1. The number of carbonyl (C=O) groups is 1. The average Bonchev–Trinajstić information content (AvgIpc) is 2.64. The molecule has 2 aromatic rings. The molecule has 0 aliphatic carbocycles. The lowest BCUT2D eigenvalue weighted by Crippen LogP contribution is -2.43. The van der Waals surface area contributed by atoms with E-state index in [-0.39, 0.29) is 17.3 Å². The van der Waals surface area contributed by atoms with Gasteiger partial charge in [0.25, 0.3) is 0 Å². The van der Waals surface area contributed by atoms with Gasteiger partial charge in [0.2, 0.25) is 15.9 Å². The minimum absolute atomic E-state index is 0.0256. The molecule has 1 amide bonds. The zero-order chi connectivity index (χ0) is 18.7. The molecule has 5 nitrogen and oxygen atoms in total. The molecule has 3 rings (SSSR count). The number of nitrogens with zero attached hydrogens (tertiary/aromatic N) is 1. The molecule has 1 heterocycles. The average molecular weight is 397 g/mol. The maximum absolute atomic E-state index is 13.0. The van der Waals surface area contributed by atoms with Gasteiger partial charge in [-0.1, -0.05) is 11.6 Å². The van der Waals surface area contributed by atoms with Gasteiger partial charge in [-0.15, -0.1) is 0 Å². The summed E-state index contributed by atoms with van der Waals surface area (Å²) in [5.74, 6) is -1.18. The quantitative estimate of drug-likeness (QED) is 0.859. The predicted octanol–water partition coefficient (Wildman–Crippen LogP) is 3.52. The molecule has 2 aromatic carbocycles. The number of nitrogens with one attached hydrogen (secondary N) is 1. The molecule has 1 saturated heterocycles. The zero-order valence-corrected chi connectivity index (χ0v) is 15.4. The Kier molecular flexibility index (Phi) is 5.60. The summed E-state index contributed by atoms with van der Waals surface area (Å²) in [7, 11) is -3.75. The maximum Gasteiger partial charge on any atom is 0.243 e. The van der Waals surface area contributed by atoms with Crippen LogP contribution in [0, 0.1) is 11.7 Å². The summed E-state index contributed by atoms with van der Waals surface area (Å²) in [5.41, 5.74) is 0.609. The third kappa shape index (κ3) is 4.23. The van der Waals surface area contributed by atoms with Crippen molar-refractivity contribution in [3.63, 3.8) is 0 Å². The number of piperidine rings is 1. The van der Waals surface area contributed by atoms with Crippen LogP contribution in [0.3, 0.4) is 0 Å². The molecule has 1 atom stereocenters. The van der Waals surface area contributed by atoms with Gasteiger partial charge in [-0.2, -0.15) is 4.31 Å². The lowest BCUT2D eigenvalue weighted by atomic mass is 9.99. The van der Waals surface area contributed by atoms with Crippen molar-refractivity contribution in [1.82, 2.24) is 4.31 Å². The fourth-order valence-electron chi connectivity index (χ4n) is 2.91. The monoisotopic (exact) mass is 396 g/mol. The van der Waals surface area contributed by atoms with Gasteiger partial charge in [0.15, 0.2) is 0 Å². The van der Waals surface area contributed by atoms with Crippen LogP contribution in [0.5, 0.6) is 0 Å². The molecule has 0 spiro atoms. The van der Waals surface area contributed by atoms with E-state index in [1.807, 2.05) is 0 Å². The number of sulfonamides is 1. The lowest BCUT2D eigenvalue weighted by molar-refractivity contribution is -0.120. The van der Waals surface area contributed by atoms with Crippen LogP contribution in [0.15, 0.2) is 53.4 Å². The Labute approximate surface area is 156 Å². The number of hydrogen-bond donors (Lipinski definition) is 1. The second-order valence-corrected chi connectivity index (χ2v) is 8.53. The van der Waals surface area contributed by atoms with Crippen LogP contribution in [-0.4, -0.2) is 31.7 Å². The number of amides is 1. The van der Waals surface area contributed by atoms with Gasteiger partial charge < -0.3 is 5.32 Å². The van der Waals surface area contributed by atoms with Crippen LogP contribution < -0.4 is 5.32 Å². The van der Waals surface area contributed by atoms with Crippen LogP contribution in [-0.2, 0) is 14.8 Å². The van der Waals surface area contributed by atoms with Gasteiger partial charge in [0, 0.05) is 23.8 Å². The third-order valence-electron chi connectivity index (χ3n) is 4.32. The molecule has 1 fully saturated rings. The smallest absolute Gasteiger partial charge is 0.243 e. The number of benzene rings is 2. The first-order valence-corrected chi connectivity index (χ1v) is 10.0. The Morgan fingerprint density at radius 1 is 1.12 bits per heavy atom. The van der Waals surface area contributed by atoms with Crippen molar-refractivity contribution >= 4 is 33.2 Å². The fraction of sp³-hybridized carbons (Fsp3) is 0.278. The first-order valence-electron chi connectivity index (χ1n) is 8.18. The molecule has 138 valence electrons. The standard InChI is InChI=1S/C18H18ClFN2O3S/c19-14-3-7-16(8-4-14)21-18(23)13-2-1-11-22(12-13)26(24,25)17-9-5-15(20)6-10-17/h3-10,13H,1-2,11-12H2,(H,21,23)/t13-/m1/s1. The van der Waals surface area contributed by atoms with E-state index in [1.54, 1.807) is 24.3 Å². The van der Waals surface area contributed by atoms with Gasteiger partial charge in [-0.3, -0.25) is 4.79 Å². The highest BCUT2D eigenvalue weighted by molar-refractivity contribution is 7.89. The summed E-state index contributed by atoms with van der Waals surface area (Å²) in [6, 6.07) is 11.4. The summed E-state index contributed by atoms with van der Waals surface area (Å²) in [4.78, 5) is 12.5. The highest BCUT2D eigenvalue weighted by Gasteiger charge is 2.33. The topological polar surface area (TPSA) is 66.5 Å². The van der Waals surface area contributed by atoms with E-state index < -0.39 is 21.8 Å². The first-order chi connectivity index (χ1) is 12.4. The largest absolute Gasteiger partial charge is 0.326 e. The molecule has 1 aliphatic rings. The first kappa shape index (κ1) is 18.8. The minimum Gasteiger partial charge on any atom is -0.326 e. The Morgan fingerprint density at radius 3 is 2.42 bits per heavy atom. The number of halogens is 2. The molecule has 1 aliphatic heterocycles. The Morgan fingerprint density at radius 2 is 1.77 bits per heavy atom. The van der Waals surface area contributed by atoms with Crippen molar-refractivity contribution in [3.05, 3.63) is 59.4 Å². The van der Waals surface area contributed by atoms with Gasteiger partial charge in [0.05, 0.1) is 10.8 Å². The van der Waals surface area contributed by atoms with E-state index >= 15 is 0 Å². The Hall–Kier alpha value is -1.96. The highest BCUT2D eigenvalue weighted by atomic mass is 35.5. The molecule has 0 radical (unpaired) electrons. The lowest BCUT2D eigenvalue weighted by Gasteiger charge is -2.31. The van der Waals surface area contributed by atoms with E-state index in [0.717, 1.165) is 12.1 Å². The number of rotatable bonds is 4. The fourth-order valence-corrected chi connectivity index (χ4v) is 4.56. The van der Waals surface area contributed by atoms with Crippen molar-refractivity contribution in [2.75, 3.05) is 18.4 Å². The van der Waals surface area contributed by atoms with Crippen molar-refractivity contribution in [2.45, 2.75) is 17.7 Å². The van der Waals surface area contributed by atoms with Gasteiger partial charge in [0.1, 0.15) is 5.82 Å². The SMILES string of the molecule is O=C(Nc1ccc(Cl)cc1)[C@@H]1CCCN(S(=O)(=O)c2ccc(F)cc2)C1. The van der Waals surface area contributed by atoms with E-state index in [4.69, 9.17) is 11.6 Å². The highest BCUT2D eigenvalue weighted by Crippen LogP contribution is 2.25. The molecular formula is C18H18ClFN2O3S. The van der Waals surface area contributed by atoms with Crippen LogP contribution in [0.2, 0.25) is 5.02 Å². The van der Waals surface area contributed by atoms with Crippen LogP contribution in [0.1, 0.15) is 12.8 Å². The van der Waals surface area contributed by atoms with Gasteiger partial charge >= 0.3 is 0 Å². The molecule has 0 unspecified atom stereocenters. The van der Waals surface area contributed by atoms with E-state index in [2.05, 4.69) is 5.32 Å². The van der Waals surface area contributed by atoms with E-state index in [1.165, 1.54) is 16.4 Å². The number of anilines is 1. The molecule has 26 heavy (non-hydrogen) atoms. The molecule has 8 heteroatoms. The number of hydrogen-bond acceptors (Lipinski definition) is 3. The Balaban J connectivity index is 1.71. The zero-order valence-electron chi connectivity index (χ0n) is 13.9. The van der Waals surface area contributed by atoms with Crippen molar-refractivity contribution in [3.8, 4) is 0 Å². The van der Waals surface area contributed by atoms with Crippen LogP contribution in [0.4, 0.5) is 10.1 Å². The Bertz CT molecular complexity index is 886. The normalized spacial score (nSPS) is 18.5. The van der Waals surface area contributed by atoms with E-state index in [0.29, 0.717) is 30.1 Å². The molecular weight excluding hydrogens is 379 g/mol. The van der Waals surface area contributed by atoms with Crippen molar-refractivity contribution in [2.24, 2.45) is 5.92 Å². The summed E-state index contributed by atoms with van der Waals surface area (Å²) < 4.78 is 39.8. The van der Waals surface area contributed by atoms with Crippen molar-refractivity contribution < 1.29 is 17.6 Å². The molecule has 1 N–H and O–H groups in total. The second kappa shape index (κ2) is 7.73. The minimum atomic E-state index is -3.75. The van der Waals surface area contributed by atoms with Crippen LogP contribution >= 0.6 is 11.6 Å². The molecule has 0 aromatic heterocycles. The third-order valence-corrected chi connectivity index (χ3v) is 6.45. The van der Waals surface area contributed by atoms with Crippen LogP contribution in [0.25, 0.3) is 0 Å². The predicted molar refractivity (Wildman–Crippen MR) is 98.0 cm³/mol. The summed E-state index contributed by atoms with van der Waals surface area (Å²) in [6.45, 7) is 0.434. The summed E-state index contributed by atoms with van der Waals surface area (Å²) in [6.07, 6.45) is 1.19. The van der Waals surface area contributed by atoms with E-state index in [9.17, 15) is 17.6 Å². The second-order valence-electron chi connectivity index (χ2n) is 6.15. The molecule has 0 saturated carbocycles. The van der Waals surface area contributed by atoms with Gasteiger partial charge in [-0.25, -0.2) is 12.8 Å². The summed E-state index contributed by atoms with van der Waals surface area (Å²) >= 11 is 5.82. The maximum atomic E-state index is 13.0.